The summed E-state index contributed by atoms with van der Waals surface area (Å²) in [4.78, 5) is 20.1. The monoisotopic (exact) mass is 335 g/mol. The maximum atomic E-state index is 11.6. The molecule has 128 valence electrons. The van der Waals surface area contributed by atoms with Gasteiger partial charge in [-0.2, -0.15) is 0 Å². The van der Waals surface area contributed by atoms with Crippen molar-refractivity contribution in [3.05, 3.63) is 59.4 Å². The van der Waals surface area contributed by atoms with E-state index in [1.54, 1.807) is 12.1 Å². The number of fused-ring (bicyclic) bond motifs is 1. The molecule has 6 heteroatoms. The molecule has 1 amide bonds. The smallest absolute Gasteiger partial charge is 0.250 e. The summed E-state index contributed by atoms with van der Waals surface area (Å²) >= 11 is 0. The van der Waals surface area contributed by atoms with E-state index in [9.17, 15) is 4.79 Å². The highest BCUT2D eigenvalue weighted by Gasteiger charge is 2.13. The standard InChI is InChI=1S/C19H21N5O/c1-11(9-13-5-3-8-16(20)12(13)2)24-19-15-7-4-6-14(18(21)25)17(15)22-10-23-19/h3-8,10-11H,9,20H2,1-2H3,(H2,21,25)(H,22,23,24)/t11-/m0/s1. The van der Waals surface area contributed by atoms with Gasteiger partial charge in [0.1, 0.15) is 12.1 Å². The maximum Gasteiger partial charge on any atom is 0.250 e. The highest BCUT2D eigenvalue weighted by molar-refractivity contribution is 6.06. The van der Waals surface area contributed by atoms with Crippen LogP contribution in [-0.4, -0.2) is 21.9 Å². The Balaban J connectivity index is 1.89. The van der Waals surface area contributed by atoms with E-state index in [0.717, 1.165) is 23.1 Å². The minimum Gasteiger partial charge on any atom is -0.399 e. The first kappa shape index (κ1) is 16.7. The van der Waals surface area contributed by atoms with Gasteiger partial charge in [0.05, 0.1) is 11.1 Å². The molecule has 0 aliphatic rings. The SMILES string of the molecule is Cc1c(N)cccc1C[C@H](C)Nc1ncnc2c(C(N)=O)cccc12. The number of nitrogens with zero attached hydrogens (tertiary/aromatic N) is 2. The number of nitrogens with two attached hydrogens (primary N) is 2. The number of nitrogens with one attached hydrogen (secondary N) is 1. The van der Waals surface area contributed by atoms with Crippen molar-refractivity contribution in [2.24, 2.45) is 5.73 Å². The Bertz CT molecular complexity index is 938. The number of nitrogen functional groups attached to an aromatic ring is 1. The number of primary amides is 1. The first-order chi connectivity index (χ1) is 12.0. The summed E-state index contributed by atoms with van der Waals surface area (Å²) in [7, 11) is 0. The van der Waals surface area contributed by atoms with Crippen molar-refractivity contribution in [3.63, 3.8) is 0 Å². The zero-order valence-electron chi connectivity index (χ0n) is 14.3. The minimum absolute atomic E-state index is 0.121. The van der Waals surface area contributed by atoms with Gasteiger partial charge < -0.3 is 16.8 Å². The molecule has 1 aromatic heterocycles. The van der Waals surface area contributed by atoms with Gasteiger partial charge >= 0.3 is 0 Å². The zero-order chi connectivity index (χ0) is 18.0. The minimum atomic E-state index is -0.501. The van der Waals surface area contributed by atoms with E-state index in [1.165, 1.54) is 11.9 Å². The second-order valence-electron chi connectivity index (χ2n) is 6.17. The van der Waals surface area contributed by atoms with E-state index in [0.29, 0.717) is 16.9 Å². The van der Waals surface area contributed by atoms with Gasteiger partial charge in [0.25, 0.3) is 5.91 Å². The molecule has 0 bridgehead atoms. The van der Waals surface area contributed by atoms with Crippen molar-refractivity contribution in [3.8, 4) is 0 Å². The molecule has 0 fully saturated rings. The van der Waals surface area contributed by atoms with Gasteiger partial charge in [-0.25, -0.2) is 9.97 Å². The molecule has 0 spiro atoms. The number of amides is 1. The third-order valence-corrected chi connectivity index (χ3v) is 4.33. The van der Waals surface area contributed by atoms with E-state index in [4.69, 9.17) is 11.5 Å². The Morgan fingerprint density at radius 1 is 1.20 bits per heavy atom. The number of carbonyl (C=O) groups excluding carboxylic acids is 1. The third kappa shape index (κ3) is 3.38. The lowest BCUT2D eigenvalue weighted by molar-refractivity contribution is 0.100. The van der Waals surface area contributed by atoms with Crippen LogP contribution in [0.25, 0.3) is 10.9 Å². The van der Waals surface area contributed by atoms with E-state index in [-0.39, 0.29) is 6.04 Å². The highest BCUT2D eigenvalue weighted by atomic mass is 16.1. The number of aromatic nitrogens is 2. The van der Waals surface area contributed by atoms with Crippen LogP contribution in [-0.2, 0) is 6.42 Å². The second kappa shape index (κ2) is 6.76. The van der Waals surface area contributed by atoms with Crippen LogP contribution in [0.15, 0.2) is 42.7 Å². The molecule has 1 heterocycles. The van der Waals surface area contributed by atoms with Gasteiger partial charge in [-0.1, -0.05) is 18.2 Å². The maximum absolute atomic E-state index is 11.6. The average molecular weight is 335 g/mol. The summed E-state index contributed by atoms with van der Waals surface area (Å²) in [5, 5.41) is 4.18. The molecule has 5 N–H and O–H groups in total. The molecular weight excluding hydrogens is 314 g/mol. The lowest BCUT2D eigenvalue weighted by Crippen LogP contribution is -2.20. The van der Waals surface area contributed by atoms with Gasteiger partial charge in [0, 0.05) is 17.1 Å². The number of hydrogen-bond donors (Lipinski definition) is 3. The number of anilines is 2. The summed E-state index contributed by atoms with van der Waals surface area (Å²) in [5.74, 6) is 0.181. The molecule has 3 aromatic rings. The van der Waals surface area contributed by atoms with Crippen LogP contribution in [0.4, 0.5) is 11.5 Å². The fourth-order valence-electron chi connectivity index (χ4n) is 2.94. The number of hydrogen-bond acceptors (Lipinski definition) is 5. The summed E-state index contributed by atoms with van der Waals surface area (Å²) in [6.07, 6.45) is 2.24. The van der Waals surface area contributed by atoms with Gasteiger partial charge in [-0.05, 0) is 49.6 Å². The fraction of sp³-hybridized carbons (Fsp3) is 0.211. The van der Waals surface area contributed by atoms with Crippen LogP contribution in [0, 0.1) is 6.92 Å². The molecular formula is C19H21N5O. The van der Waals surface area contributed by atoms with Crippen molar-refractivity contribution in [1.82, 2.24) is 9.97 Å². The number of rotatable bonds is 5. The summed E-state index contributed by atoms with van der Waals surface area (Å²) in [6, 6.07) is 11.4. The summed E-state index contributed by atoms with van der Waals surface area (Å²) in [6.45, 7) is 4.10. The van der Waals surface area contributed by atoms with Crippen molar-refractivity contribution in [2.75, 3.05) is 11.1 Å². The fourth-order valence-corrected chi connectivity index (χ4v) is 2.94. The normalized spacial score (nSPS) is 12.1. The van der Waals surface area contributed by atoms with Crippen LogP contribution in [0.3, 0.4) is 0 Å². The Morgan fingerprint density at radius 2 is 1.96 bits per heavy atom. The van der Waals surface area contributed by atoms with E-state index in [2.05, 4.69) is 28.3 Å². The van der Waals surface area contributed by atoms with Gasteiger partial charge in [0.15, 0.2) is 0 Å². The summed E-state index contributed by atoms with van der Waals surface area (Å²) < 4.78 is 0. The van der Waals surface area contributed by atoms with Gasteiger partial charge in [0.2, 0.25) is 0 Å². The van der Waals surface area contributed by atoms with Crippen molar-refractivity contribution in [1.29, 1.82) is 0 Å². The van der Waals surface area contributed by atoms with Crippen molar-refractivity contribution >= 4 is 28.3 Å². The van der Waals surface area contributed by atoms with Crippen LogP contribution in [0.2, 0.25) is 0 Å². The van der Waals surface area contributed by atoms with Crippen molar-refractivity contribution in [2.45, 2.75) is 26.3 Å². The van der Waals surface area contributed by atoms with Crippen LogP contribution < -0.4 is 16.8 Å². The molecule has 0 saturated heterocycles. The lowest BCUT2D eigenvalue weighted by atomic mass is 10.0. The number of benzene rings is 2. The second-order valence-corrected chi connectivity index (χ2v) is 6.17. The third-order valence-electron chi connectivity index (χ3n) is 4.33. The largest absolute Gasteiger partial charge is 0.399 e. The van der Waals surface area contributed by atoms with Crippen LogP contribution in [0.5, 0.6) is 0 Å². The topological polar surface area (TPSA) is 107 Å². The highest BCUT2D eigenvalue weighted by Crippen LogP contribution is 2.24. The Hall–Kier alpha value is -3.15. The Morgan fingerprint density at radius 3 is 2.72 bits per heavy atom. The molecule has 25 heavy (non-hydrogen) atoms. The first-order valence-electron chi connectivity index (χ1n) is 8.11. The predicted octanol–water partition coefficient (Wildman–Crippen LogP) is 2.66. The van der Waals surface area contributed by atoms with E-state index < -0.39 is 5.91 Å². The van der Waals surface area contributed by atoms with E-state index in [1.807, 2.05) is 25.1 Å². The average Bonchev–Trinajstić information content (AvgIpc) is 2.58. The zero-order valence-corrected chi connectivity index (χ0v) is 14.3. The molecule has 0 aliphatic heterocycles. The Kier molecular flexibility index (Phi) is 4.52. The Labute approximate surface area is 146 Å². The molecule has 6 nitrogen and oxygen atoms in total. The summed E-state index contributed by atoms with van der Waals surface area (Å²) in [5.41, 5.74) is 15.4. The molecule has 0 unspecified atom stereocenters. The quantitative estimate of drug-likeness (QED) is 0.621. The molecule has 2 aromatic carbocycles. The van der Waals surface area contributed by atoms with Crippen molar-refractivity contribution < 1.29 is 4.79 Å². The predicted molar refractivity (Wildman–Crippen MR) is 100 cm³/mol. The molecule has 3 rings (SSSR count). The lowest BCUT2D eigenvalue weighted by Gasteiger charge is -2.18. The molecule has 0 aliphatic carbocycles. The number of para-hydroxylation sites is 1. The number of carbonyl (C=O) groups is 1. The molecule has 1 atom stereocenters. The van der Waals surface area contributed by atoms with Gasteiger partial charge in [-0.15, -0.1) is 0 Å². The van der Waals surface area contributed by atoms with Crippen LogP contribution in [0.1, 0.15) is 28.4 Å². The van der Waals surface area contributed by atoms with E-state index >= 15 is 0 Å². The van der Waals surface area contributed by atoms with Gasteiger partial charge in [-0.3, -0.25) is 4.79 Å². The van der Waals surface area contributed by atoms with Crippen LogP contribution >= 0.6 is 0 Å². The molecule has 0 saturated carbocycles. The molecule has 0 radical (unpaired) electrons. The first-order valence-corrected chi connectivity index (χ1v) is 8.11.